The zero-order valence-corrected chi connectivity index (χ0v) is 15.2. The van der Waals surface area contributed by atoms with E-state index in [2.05, 4.69) is 10.6 Å². The molecule has 1 fully saturated rings. The molecule has 138 valence electrons. The summed E-state index contributed by atoms with van der Waals surface area (Å²) in [4.78, 5) is 12.0. The van der Waals surface area contributed by atoms with Crippen molar-refractivity contribution in [1.29, 1.82) is 0 Å². The van der Waals surface area contributed by atoms with E-state index in [0.717, 1.165) is 36.9 Å². The molecule has 26 heavy (non-hydrogen) atoms. The van der Waals surface area contributed by atoms with E-state index in [4.69, 9.17) is 9.47 Å². The molecule has 0 bridgehead atoms. The minimum Gasteiger partial charge on any atom is -0.493 e. The van der Waals surface area contributed by atoms with Gasteiger partial charge >= 0.3 is 0 Å². The van der Waals surface area contributed by atoms with Crippen molar-refractivity contribution in [2.45, 2.75) is 38.5 Å². The van der Waals surface area contributed by atoms with E-state index in [9.17, 15) is 4.79 Å². The number of ether oxygens (including phenoxy) is 2. The van der Waals surface area contributed by atoms with Crippen LogP contribution in [0.4, 0.5) is 0 Å². The van der Waals surface area contributed by atoms with Crippen LogP contribution >= 0.6 is 0 Å². The highest BCUT2D eigenvalue weighted by molar-refractivity contribution is 5.81. The van der Waals surface area contributed by atoms with Gasteiger partial charge in [0, 0.05) is 13.1 Å². The number of nitrogens with one attached hydrogen (secondary N) is 2. The fourth-order valence-electron chi connectivity index (χ4n) is 3.05. The van der Waals surface area contributed by atoms with Crippen LogP contribution in [0.3, 0.4) is 0 Å². The minimum absolute atomic E-state index is 0.0947. The number of hydrogen-bond acceptors (Lipinski definition) is 4. The number of carbonyl (C=O) groups excluding carboxylic acids is 1. The topological polar surface area (TPSA) is 59.6 Å². The fraction of sp³-hybridized carbons (Fsp3) is 0.381. The summed E-state index contributed by atoms with van der Waals surface area (Å²) in [5.41, 5.74) is 2.17. The maximum atomic E-state index is 12.0. The van der Waals surface area contributed by atoms with Crippen LogP contribution in [-0.2, 0) is 17.9 Å². The summed E-state index contributed by atoms with van der Waals surface area (Å²) >= 11 is 0. The lowest BCUT2D eigenvalue weighted by Gasteiger charge is -2.16. The van der Waals surface area contributed by atoms with Gasteiger partial charge in [-0.1, -0.05) is 36.4 Å². The number of amides is 1. The molecule has 1 atom stereocenters. The molecule has 3 rings (SSSR count). The van der Waals surface area contributed by atoms with Gasteiger partial charge in [-0.15, -0.1) is 0 Å². The highest BCUT2D eigenvalue weighted by Gasteiger charge is 2.19. The Morgan fingerprint density at radius 2 is 1.92 bits per heavy atom. The summed E-state index contributed by atoms with van der Waals surface area (Å²) in [7, 11) is 1.64. The molecule has 2 aromatic rings. The third kappa shape index (κ3) is 4.99. The first-order valence-electron chi connectivity index (χ1n) is 9.11. The number of rotatable bonds is 7. The second kappa shape index (κ2) is 9.25. The maximum Gasteiger partial charge on any atom is 0.237 e. The Hall–Kier alpha value is -2.53. The van der Waals surface area contributed by atoms with E-state index >= 15 is 0 Å². The van der Waals surface area contributed by atoms with Gasteiger partial charge in [0.25, 0.3) is 0 Å². The fourth-order valence-corrected chi connectivity index (χ4v) is 3.05. The maximum absolute atomic E-state index is 12.0. The van der Waals surface area contributed by atoms with Gasteiger partial charge in [-0.05, 0) is 42.5 Å². The normalized spacial score (nSPS) is 17.3. The summed E-state index contributed by atoms with van der Waals surface area (Å²) < 4.78 is 11.4. The molecule has 1 aliphatic heterocycles. The van der Waals surface area contributed by atoms with Gasteiger partial charge in [-0.2, -0.15) is 0 Å². The SMILES string of the molecule is COc1cc(CN[C@@H]2CCCCNC2=O)ccc1OCc1ccccc1. The number of methoxy groups -OCH3 is 1. The van der Waals surface area contributed by atoms with E-state index in [1.165, 1.54) is 0 Å². The summed E-state index contributed by atoms with van der Waals surface area (Å²) in [5.74, 6) is 1.51. The monoisotopic (exact) mass is 354 g/mol. The van der Waals surface area contributed by atoms with Crippen molar-refractivity contribution in [3.8, 4) is 11.5 Å². The summed E-state index contributed by atoms with van der Waals surface area (Å²) in [6.07, 6.45) is 2.98. The van der Waals surface area contributed by atoms with Crippen molar-refractivity contribution in [3.05, 3.63) is 59.7 Å². The molecule has 0 saturated carbocycles. The van der Waals surface area contributed by atoms with E-state index in [1.54, 1.807) is 7.11 Å². The molecule has 0 unspecified atom stereocenters. The van der Waals surface area contributed by atoms with Crippen molar-refractivity contribution in [2.24, 2.45) is 0 Å². The molecule has 1 amide bonds. The van der Waals surface area contributed by atoms with E-state index in [1.807, 2.05) is 48.5 Å². The third-order valence-electron chi connectivity index (χ3n) is 4.55. The van der Waals surface area contributed by atoms with Crippen LogP contribution in [0.1, 0.15) is 30.4 Å². The Morgan fingerprint density at radius 1 is 1.08 bits per heavy atom. The summed E-state index contributed by atoms with van der Waals surface area (Å²) in [5, 5.41) is 6.30. The van der Waals surface area contributed by atoms with E-state index in [-0.39, 0.29) is 11.9 Å². The number of carbonyl (C=O) groups is 1. The minimum atomic E-state index is -0.127. The quantitative estimate of drug-likeness (QED) is 0.802. The smallest absolute Gasteiger partial charge is 0.237 e. The average Bonchev–Trinajstić information content (AvgIpc) is 2.89. The molecule has 5 nitrogen and oxygen atoms in total. The zero-order valence-electron chi connectivity index (χ0n) is 15.2. The lowest BCUT2D eigenvalue weighted by Crippen LogP contribution is -2.42. The van der Waals surface area contributed by atoms with Crippen molar-refractivity contribution in [3.63, 3.8) is 0 Å². The molecule has 0 spiro atoms. The Morgan fingerprint density at radius 3 is 2.73 bits per heavy atom. The van der Waals surface area contributed by atoms with Gasteiger partial charge in [0.05, 0.1) is 13.2 Å². The zero-order chi connectivity index (χ0) is 18.2. The second-order valence-electron chi connectivity index (χ2n) is 6.48. The molecule has 2 N–H and O–H groups in total. The first-order valence-corrected chi connectivity index (χ1v) is 9.11. The van der Waals surface area contributed by atoms with Gasteiger partial charge in [0.15, 0.2) is 11.5 Å². The van der Waals surface area contributed by atoms with Crippen LogP contribution in [0.15, 0.2) is 48.5 Å². The first kappa shape index (κ1) is 18.3. The molecular weight excluding hydrogens is 328 g/mol. The predicted octanol–water partition coefficient (Wildman–Crippen LogP) is 3.03. The lowest BCUT2D eigenvalue weighted by atomic mass is 10.1. The molecule has 2 aromatic carbocycles. The van der Waals surface area contributed by atoms with E-state index in [0.29, 0.717) is 24.7 Å². The predicted molar refractivity (Wildman–Crippen MR) is 101 cm³/mol. The lowest BCUT2D eigenvalue weighted by molar-refractivity contribution is -0.122. The molecular formula is C21H26N2O3. The van der Waals surface area contributed by atoms with Crippen LogP contribution in [0, 0.1) is 0 Å². The Bertz CT molecular complexity index is 718. The molecule has 0 aromatic heterocycles. The van der Waals surface area contributed by atoms with Crippen molar-refractivity contribution >= 4 is 5.91 Å². The van der Waals surface area contributed by atoms with Crippen LogP contribution in [0.2, 0.25) is 0 Å². The highest BCUT2D eigenvalue weighted by atomic mass is 16.5. The van der Waals surface area contributed by atoms with Crippen LogP contribution in [0.5, 0.6) is 11.5 Å². The van der Waals surface area contributed by atoms with Gasteiger partial charge in [-0.3, -0.25) is 4.79 Å². The largest absolute Gasteiger partial charge is 0.493 e. The van der Waals surface area contributed by atoms with Crippen LogP contribution in [0.25, 0.3) is 0 Å². The van der Waals surface area contributed by atoms with Gasteiger partial charge in [-0.25, -0.2) is 0 Å². The Kier molecular flexibility index (Phi) is 6.50. The van der Waals surface area contributed by atoms with Crippen molar-refractivity contribution in [1.82, 2.24) is 10.6 Å². The second-order valence-corrected chi connectivity index (χ2v) is 6.48. The molecule has 0 aliphatic carbocycles. The molecule has 5 heteroatoms. The summed E-state index contributed by atoms with van der Waals surface area (Å²) in [6, 6.07) is 15.8. The Balaban J connectivity index is 1.59. The standard InChI is InChI=1S/C21H26N2O3/c1-25-20-13-17(14-23-18-9-5-6-12-22-21(18)24)10-11-19(20)26-15-16-7-3-2-4-8-16/h2-4,7-8,10-11,13,18,23H,5-6,9,12,14-15H2,1H3,(H,22,24)/t18-/m1/s1. The third-order valence-corrected chi connectivity index (χ3v) is 4.55. The van der Waals surface area contributed by atoms with Crippen LogP contribution < -0.4 is 20.1 Å². The van der Waals surface area contributed by atoms with Crippen molar-refractivity contribution < 1.29 is 14.3 Å². The summed E-state index contributed by atoms with van der Waals surface area (Å²) in [6.45, 7) is 1.89. The molecule has 1 aliphatic rings. The average molecular weight is 354 g/mol. The van der Waals surface area contributed by atoms with E-state index < -0.39 is 0 Å². The van der Waals surface area contributed by atoms with Gasteiger partial charge < -0.3 is 20.1 Å². The first-order chi connectivity index (χ1) is 12.8. The molecule has 1 saturated heterocycles. The highest BCUT2D eigenvalue weighted by Crippen LogP contribution is 2.29. The molecule has 0 radical (unpaired) electrons. The number of benzene rings is 2. The van der Waals surface area contributed by atoms with Crippen molar-refractivity contribution in [2.75, 3.05) is 13.7 Å². The Labute approximate surface area is 154 Å². The van der Waals surface area contributed by atoms with Gasteiger partial charge in [0.2, 0.25) is 5.91 Å². The number of hydrogen-bond donors (Lipinski definition) is 2. The van der Waals surface area contributed by atoms with Crippen LogP contribution in [-0.4, -0.2) is 25.6 Å². The molecule has 1 heterocycles. The van der Waals surface area contributed by atoms with Gasteiger partial charge in [0.1, 0.15) is 6.61 Å².